The molecule has 0 spiro atoms. The fourth-order valence-electron chi connectivity index (χ4n) is 3.23. The second-order valence-corrected chi connectivity index (χ2v) is 7.26. The first-order chi connectivity index (χ1) is 11.6. The van der Waals surface area contributed by atoms with E-state index >= 15 is 0 Å². The van der Waals surface area contributed by atoms with Crippen LogP contribution in [-0.2, 0) is 14.3 Å². The van der Waals surface area contributed by atoms with E-state index in [-0.39, 0.29) is 19.1 Å². The Hall–Kier alpha value is -1.79. The third-order valence-electron chi connectivity index (χ3n) is 4.98. The van der Waals surface area contributed by atoms with E-state index in [1.165, 1.54) is 0 Å². The van der Waals surface area contributed by atoms with Crippen LogP contribution in [0.5, 0.6) is 5.75 Å². The molecule has 2 atom stereocenters. The first kappa shape index (κ1) is 19.5. The van der Waals surface area contributed by atoms with Crippen molar-refractivity contribution in [3.63, 3.8) is 0 Å². The number of nitrogens with one attached hydrogen (secondary N) is 1. The standard InChI is InChI=1S/C18H24ClNO5/c1-5-24-14-9-18(16(22)23,17(14,3)4)20-15(21)10-25-13-7-6-12(19)8-11(13)2/h6-8,14H,5,9-10H2,1-4H3,(H,20,21)(H,22,23). The van der Waals surface area contributed by atoms with Gasteiger partial charge in [-0.25, -0.2) is 4.79 Å². The number of amides is 1. The van der Waals surface area contributed by atoms with E-state index in [2.05, 4.69) is 5.32 Å². The molecule has 1 fully saturated rings. The normalized spacial score (nSPS) is 24.3. The number of halogens is 1. The fraction of sp³-hybridized carbons (Fsp3) is 0.556. The van der Waals surface area contributed by atoms with Crippen molar-refractivity contribution in [2.45, 2.75) is 45.8 Å². The van der Waals surface area contributed by atoms with Crippen LogP contribution in [0.1, 0.15) is 32.8 Å². The molecule has 25 heavy (non-hydrogen) atoms. The molecule has 0 aliphatic heterocycles. The average Bonchev–Trinajstić information content (AvgIpc) is 2.52. The Morgan fingerprint density at radius 2 is 2.08 bits per heavy atom. The maximum absolute atomic E-state index is 12.3. The Labute approximate surface area is 152 Å². The smallest absolute Gasteiger partial charge is 0.330 e. The number of aryl methyl sites for hydroxylation is 1. The number of ether oxygens (including phenoxy) is 2. The van der Waals surface area contributed by atoms with Gasteiger partial charge in [-0.15, -0.1) is 0 Å². The summed E-state index contributed by atoms with van der Waals surface area (Å²) in [4.78, 5) is 24.1. The Morgan fingerprint density at radius 3 is 2.60 bits per heavy atom. The molecule has 0 bridgehead atoms. The summed E-state index contributed by atoms with van der Waals surface area (Å²) in [6.07, 6.45) is 0.0165. The lowest BCUT2D eigenvalue weighted by Crippen LogP contribution is -2.76. The number of rotatable bonds is 7. The molecule has 1 amide bonds. The summed E-state index contributed by atoms with van der Waals surface area (Å²) in [6, 6.07) is 5.08. The summed E-state index contributed by atoms with van der Waals surface area (Å²) in [7, 11) is 0. The van der Waals surface area contributed by atoms with Crippen LogP contribution in [0, 0.1) is 12.3 Å². The van der Waals surface area contributed by atoms with Gasteiger partial charge in [-0.05, 0) is 37.6 Å². The van der Waals surface area contributed by atoms with E-state index in [0.29, 0.717) is 17.4 Å². The first-order valence-corrected chi connectivity index (χ1v) is 8.57. The van der Waals surface area contributed by atoms with Gasteiger partial charge in [0.25, 0.3) is 5.91 Å². The lowest BCUT2D eigenvalue weighted by molar-refractivity contribution is -0.194. The van der Waals surface area contributed by atoms with E-state index in [1.54, 1.807) is 32.0 Å². The quantitative estimate of drug-likeness (QED) is 0.772. The molecule has 2 rings (SSSR count). The highest BCUT2D eigenvalue weighted by molar-refractivity contribution is 6.30. The Morgan fingerprint density at radius 1 is 1.40 bits per heavy atom. The molecule has 1 aliphatic rings. The Bertz CT molecular complexity index is 675. The molecule has 2 N–H and O–H groups in total. The molecule has 7 heteroatoms. The summed E-state index contributed by atoms with van der Waals surface area (Å²) in [5, 5.41) is 12.9. The lowest BCUT2D eigenvalue weighted by Gasteiger charge is -2.58. The van der Waals surface area contributed by atoms with Gasteiger partial charge in [-0.2, -0.15) is 0 Å². The summed E-state index contributed by atoms with van der Waals surface area (Å²) in [6.45, 7) is 7.48. The van der Waals surface area contributed by atoms with Crippen LogP contribution in [0.4, 0.5) is 0 Å². The molecule has 6 nitrogen and oxygen atoms in total. The fourth-order valence-corrected chi connectivity index (χ4v) is 3.46. The Kier molecular flexibility index (Phi) is 5.64. The molecule has 0 saturated heterocycles. The highest BCUT2D eigenvalue weighted by atomic mass is 35.5. The average molecular weight is 370 g/mol. The van der Waals surface area contributed by atoms with Crippen molar-refractivity contribution in [2.24, 2.45) is 5.41 Å². The number of aliphatic carboxylic acids is 1. The molecule has 0 radical (unpaired) electrons. The number of benzene rings is 1. The second-order valence-electron chi connectivity index (χ2n) is 6.83. The van der Waals surface area contributed by atoms with Crippen LogP contribution < -0.4 is 10.1 Å². The highest BCUT2D eigenvalue weighted by Crippen LogP contribution is 2.51. The van der Waals surface area contributed by atoms with Crippen LogP contribution >= 0.6 is 11.6 Å². The highest BCUT2D eigenvalue weighted by Gasteiger charge is 2.66. The van der Waals surface area contributed by atoms with Crippen molar-refractivity contribution in [2.75, 3.05) is 13.2 Å². The SMILES string of the molecule is CCOC1CC(NC(=O)COc2ccc(Cl)cc2C)(C(=O)O)C1(C)C. The minimum atomic E-state index is -1.36. The van der Waals surface area contributed by atoms with E-state index in [9.17, 15) is 14.7 Å². The van der Waals surface area contributed by atoms with Gasteiger partial charge in [0.05, 0.1) is 6.10 Å². The molecule has 1 aromatic carbocycles. The summed E-state index contributed by atoms with van der Waals surface area (Å²) in [5.74, 6) is -1.02. The van der Waals surface area contributed by atoms with Gasteiger partial charge >= 0.3 is 5.97 Å². The van der Waals surface area contributed by atoms with Gasteiger partial charge in [0.2, 0.25) is 0 Å². The molecule has 1 aliphatic carbocycles. The van der Waals surface area contributed by atoms with Crippen LogP contribution in [0.25, 0.3) is 0 Å². The zero-order valence-electron chi connectivity index (χ0n) is 14.9. The van der Waals surface area contributed by atoms with Crippen molar-refractivity contribution >= 4 is 23.5 Å². The van der Waals surface area contributed by atoms with E-state index in [4.69, 9.17) is 21.1 Å². The van der Waals surface area contributed by atoms with Gasteiger partial charge in [-0.3, -0.25) is 4.79 Å². The zero-order chi connectivity index (χ0) is 18.8. The number of hydrogen-bond donors (Lipinski definition) is 2. The minimum absolute atomic E-state index is 0.215. The van der Waals surface area contributed by atoms with E-state index in [1.807, 2.05) is 13.8 Å². The molecular formula is C18H24ClNO5. The van der Waals surface area contributed by atoms with Crippen molar-refractivity contribution in [1.29, 1.82) is 0 Å². The Balaban J connectivity index is 2.03. The molecular weight excluding hydrogens is 346 g/mol. The van der Waals surface area contributed by atoms with Gasteiger partial charge < -0.3 is 19.9 Å². The summed E-state index contributed by atoms with van der Waals surface area (Å²) < 4.78 is 11.1. The molecule has 2 unspecified atom stereocenters. The number of carbonyl (C=O) groups is 2. The van der Waals surface area contributed by atoms with Crippen LogP contribution in [0.3, 0.4) is 0 Å². The number of carboxylic acids is 1. The minimum Gasteiger partial charge on any atom is -0.484 e. The molecule has 0 aromatic heterocycles. The maximum Gasteiger partial charge on any atom is 0.330 e. The van der Waals surface area contributed by atoms with Crippen molar-refractivity contribution < 1.29 is 24.2 Å². The van der Waals surface area contributed by atoms with Crippen molar-refractivity contribution in [1.82, 2.24) is 5.32 Å². The zero-order valence-corrected chi connectivity index (χ0v) is 15.6. The second kappa shape index (κ2) is 7.22. The van der Waals surface area contributed by atoms with Gasteiger partial charge in [0.15, 0.2) is 6.61 Å². The van der Waals surface area contributed by atoms with Crippen LogP contribution in [0.15, 0.2) is 18.2 Å². The third kappa shape index (κ3) is 3.60. The predicted molar refractivity (Wildman–Crippen MR) is 94.0 cm³/mol. The maximum atomic E-state index is 12.3. The first-order valence-electron chi connectivity index (χ1n) is 8.19. The molecule has 1 aromatic rings. The monoisotopic (exact) mass is 369 g/mol. The predicted octanol–water partition coefficient (Wildman–Crippen LogP) is 2.80. The molecule has 1 saturated carbocycles. The van der Waals surface area contributed by atoms with E-state index in [0.717, 1.165) is 5.56 Å². The summed E-state index contributed by atoms with van der Waals surface area (Å²) in [5.41, 5.74) is -1.28. The van der Waals surface area contributed by atoms with Gasteiger partial charge in [0, 0.05) is 23.5 Å². The molecule has 138 valence electrons. The summed E-state index contributed by atoms with van der Waals surface area (Å²) >= 11 is 5.89. The van der Waals surface area contributed by atoms with Crippen molar-refractivity contribution in [3.05, 3.63) is 28.8 Å². The lowest BCUT2D eigenvalue weighted by atomic mass is 9.54. The number of hydrogen-bond acceptors (Lipinski definition) is 4. The van der Waals surface area contributed by atoms with Gasteiger partial charge in [-0.1, -0.05) is 25.4 Å². The topological polar surface area (TPSA) is 84.9 Å². The van der Waals surface area contributed by atoms with Crippen LogP contribution in [-0.4, -0.2) is 41.8 Å². The number of carbonyl (C=O) groups excluding carboxylic acids is 1. The third-order valence-corrected chi connectivity index (χ3v) is 5.21. The van der Waals surface area contributed by atoms with Crippen LogP contribution in [0.2, 0.25) is 5.02 Å². The largest absolute Gasteiger partial charge is 0.484 e. The van der Waals surface area contributed by atoms with Gasteiger partial charge in [0.1, 0.15) is 11.3 Å². The number of carboxylic acid groups (broad SMARTS) is 1. The van der Waals surface area contributed by atoms with Crippen molar-refractivity contribution in [3.8, 4) is 5.75 Å². The molecule has 0 heterocycles. The van der Waals surface area contributed by atoms with E-state index < -0.39 is 22.8 Å².